The fourth-order valence-corrected chi connectivity index (χ4v) is 5.15. The molecule has 0 fully saturated rings. The van der Waals surface area contributed by atoms with Gasteiger partial charge in [-0.25, -0.2) is 0 Å². The molecular formula is C25H18BrNO2. The maximum atomic E-state index is 13.0. The summed E-state index contributed by atoms with van der Waals surface area (Å²) in [6, 6.07) is 19.6. The average Bonchev–Trinajstić information content (AvgIpc) is 3.07. The van der Waals surface area contributed by atoms with E-state index in [0.29, 0.717) is 11.1 Å². The number of nitrogens with zero attached hydrogens (tertiary/aromatic N) is 1. The molecule has 2 aliphatic rings. The lowest BCUT2D eigenvalue weighted by molar-refractivity contribution is 0.0989. The smallest absolute Gasteiger partial charge is 0.197 e. The van der Waals surface area contributed by atoms with Crippen molar-refractivity contribution in [3.8, 4) is 0 Å². The van der Waals surface area contributed by atoms with Crippen LogP contribution in [0.1, 0.15) is 40.1 Å². The number of ketones is 2. The normalized spacial score (nSPS) is 18.5. The molecule has 0 N–H and O–H groups in total. The number of fused-ring (bicyclic) bond motifs is 3. The van der Waals surface area contributed by atoms with Crippen LogP contribution in [0.15, 0.2) is 84.1 Å². The molecule has 142 valence electrons. The van der Waals surface area contributed by atoms with Crippen LogP contribution in [0.4, 0.5) is 5.69 Å². The van der Waals surface area contributed by atoms with Crippen molar-refractivity contribution in [2.45, 2.75) is 19.3 Å². The molecule has 0 saturated carbocycles. The number of carbonyl (C=O) groups excluding carboxylic acids is 2. The molecule has 29 heavy (non-hydrogen) atoms. The van der Waals surface area contributed by atoms with Crippen molar-refractivity contribution in [1.82, 2.24) is 0 Å². The van der Waals surface area contributed by atoms with Crippen LogP contribution in [0, 0.1) is 0 Å². The van der Waals surface area contributed by atoms with Crippen LogP contribution in [0.5, 0.6) is 0 Å². The molecule has 5 rings (SSSR count). The first-order valence-electron chi connectivity index (χ1n) is 9.49. The Morgan fingerprint density at radius 2 is 1.38 bits per heavy atom. The molecule has 0 spiro atoms. The minimum absolute atomic E-state index is 0.206. The molecule has 4 heteroatoms. The SMILES string of the molecule is CC1(C)/C(=C\C=C2C(=O)c3cc4ccccc4cc3C2=O)N(Br)c2ccccc21. The topological polar surface area (TPSA) is 37.4 Å². The molecule has 0 amide bonds. The van der Waals surface area contributed by atoms with E-state index in [-0.39, 0.29) is 22.6 Å². The maximum Gasteiger partial charge on any atom is 0.197 e. The number of anilines is 1. The number of hydrogen-bond donors (Lipinski definition) is 0. The van der Waals surface area contributed by atoms with Gasteiger partial charge in [0.15, 0.2) is 11.6 Å². The van der Waals surface area contributed by atoms with Crippen molar-refractivity contribution >= 4 is 44.2 Å². The summed E-state index contributed by atoms with van der Waals surface area (Å²) in [5, 5.41) is 1.93. The van der Waals surface area contributed by atoms with Crippen molar-refractivity contribution in [3.63, 3.8) is 0 Å². The minimum Gasteiger partial charge on any atom is -0.288 e. The van der Waals surface area contributed by atoms with Crippen molar-refractivity contribution in [1.29, 1.82) is 0 Å². The molecule has 0 aromatic heterocycles. The second kappa shape index (κ2) is 6.26. The molecule has 1 aliphatic heterocycles. The third-order valence-electron chi connectivity index (χ3n) is 5.91. The lowest BCUT2D eigenvalue weighted by Crippen LogP contribution is -2.19. The number of allylic oxidation sites excluding steroid dienone is 4. The largest absolute Gasteiger partial charge is 0.288 e. The molecule has 0 bridgehead atoms. The van der Waals surface area contributed by atoms with E-state index in [9.17, 15) is 9.59 Å². The van der Waals surface area contributed by atoms with Gasteiger partial charge in [0.05, 0.1) is 27.4 Å². The third kappa shape index (κ3) is 2.56. The van der Waals surface area contributed by atoms with E-state index in [2.05, 4.69) is 36.1 Å². The number of halogens is 1. The van der Waals surface area contributed by atoms with Gasteiger partial charge in [-0.1, -0.05) is 56.3 Å². The van der Waals surface area contributed by atoms with Crippen LogP contribution >= 0.6 is 16.1 Å². The fraction of sp³-hybridized carbons (Fsp3) is 0.120. The Morgan fingerprint density at radius 3 is 1.97 bits per heavy atom. The first-order valence-corrected chi connectivity index (χ1v) is 10.2. The first kappa shape index (κ1) is 18.1. The van der Waals surface area contributed by atoms with Gasteiger partial charge in [0.1, 0.15) is 0 Å². The fourth-order valence-electron chi connectivity index (χ4n) is 4.28. The van der Waals surface area contributed by atoms with E-state index in [1.165, 1.54) is 5.56 Å². The van der Waals surface area contributed by atoms with Gasteiger partial charge in [0.2, 0.25) is 0 Å². The molecule has 0 saturated heterocycles. The number of benzene rings is 3. The van der Waals surface area contributed by atoms with Gasteiger partial charge < -0.3 is 0 Å². The third-order valence-corrected chi connectivity index (χ3v) is 6.68. The summed E-state index contributed by atoms with van der Waals surface area (Å²) < 4.78 is 1.95. The van der Waals surface area contributed by atoms with E-state index >= 15 is 0 Å². The van der Waals surface area contributed by atoms with Crippen LogP contribution in [-0.2, 0) is 5.41 Å². The first-order chi connectivity index (χ1) is 13.9. The van der Waals surface area contributed by atoms with E-state index in [4.69, 9.17) is 0 Å². The van der Waals surface area contributed by atoms with Crippen LogP contribution in [0.3, 0.4) is 0 Å². The molecule has 0 unspecified atom stereocenters. The van der Waals surface area contributed by atoms with Gasteiger partial charge in [0.25, 0.3) is 0 Å². The van der Waals surface area contributed by atoms with Crippen molar-refractivity contribution in [3.05, 3.63) is 101 Å². The summed E-state index contributed by atoms with van der Waals surface area (Å²) in [7, 11) is 0. The zero-order chi connectivity index (χ0) is 20.3. The lowest BCUT2D eigenvalue weighted by atomic mass is 9.84. The molecule has 0 radical (unpaired) electrons. The van der Waals surface area contributed by atoms with E-state index in [1.807, 2.05) is 64.6 Å². The van der Waals surface area contributed by atoms with Gasteiger partial charge in [0, 0.05) is 22.2 Å². The number of rotatable bonds is 1. The van der Waals surface area contributed by atoms with Crippen molar-refractivity contribution < 1.29 is 9.59 Å². The Morgan fingerprint density at radius 1 is 0.828 bits per heavy atom. The van der Waals surface area contributed by atoms with Gasteiger partial charge in [-0.2, -0.15) is 0 Å². The van der Waals surface area contributed by atoms with E-state index in [0.717, 1.165) is 22.2 Å². The van der Waals surface area contributed by atoms with Crippen LogP contribution in [0.25, 0.3) is 10.8 Å². The monoisotopic (exact) mass is 443 g/mol. The Hall–Kier alpha value is -2.98. The summed E-state index contributed by atoms with van der Waals surface area (Å²) in [6.07, 6.45) is 3.55. The molecule has 1 aliphatic carbocycles. The highest BCUT2D eigenvalue weighted by molar-refractivity contribution is 9.10. The van der Waals surface area contributed by atoms with Crippen LogP contribution in [0.2, 0.25) is 0 Å². The quantitative estimate of drug-likeness (QED) is 0.257. The Kier molecular flexibility index (Phi) is 3.90. The second-order valence-corrected chi connectivity index (χ2v) is 8.67. The predicted octanol–water partition coefficient (Wildman–Crippen LogP) is 6.14. The van der Waals surface area contributed by atoms with Crippen LogP contribution in [-0.4, -0.2) is 11.6 Å². The van der Waals surface area contributed by atoms with Crippen molar-refractivity contribution in [2.75, 3.05) is 3.93 Å². The summed E-state index contributed by atoms with van der Waals surface area (Å²) in [6.45, 7) is 4.27. The summed E-state index contributed by atoms with van der Waals surface area (Å²) in [5.74, 6) is -0.413. The Balaban J connectivity index is 1.59. The van der Waals surface area contributed by atoms with Crippen molar-refractivity contribution in [2.24, 2.45) is 0 Å². The molecule has 3 aromatic carbocycles. The van der Waals surface area contributed by atoms with E-state index < -0.39 is 0 Å². The molecule has 1 heterocycles. The van der Waals surface area contributed by atoms with E-state index in [1.54, 1.807) is 6.08 Å². The second-order valence-electron chi connectivity index (χ2n) is 7.96. The maximum absolute atomic E-state index is 13.0. The van der Waals surface area contributed by atoms with Crippen LogP contribution < -0.4 is 3.93 Å². The summed E-state index contributed by atoms with van der Waals surface area (Å²) >= 11 is 3.64. The molecular weight excluding hydrogens is 426 g/mol. The highest BCUT2D eigenvalue weighted by Crippen LogP contribution is 2.49. The zero-order valence-corrected chi connectivity index (χ0v) is 17.7. The number of carbonyl (C=O) groups is 2. The molecule has 3 nitrogen and oxygen atoms in total. The molecule has 3 aromatic rings. The summed E-state index contributed by atoms with van der Waals surface area (Å²) in [5.41, 5.74) is 4.19. The highest BCUT2D eigenvalue weighted by Gasteiger charge is 2.39. The highest BCUT2D eigenvalue weighted by atomic mass is 79.9. The number of hydrogen-bond acceptors (Lipinski definition) is 3. The van der Waals surface area contributed by atoms with Gasteiger partial charge >= 0.3 is 0 Å². The molecule has 0 atom stereocenters. The number of Topliss-reactive ketones (excluding diaryl/α,β-unsaturated/α-hetero) is 2. The number of para-hydroxylation sites is 1. The Bertz CT molecular complexity index is 1230. The summed E-state index contributed by atoms with van der Waals surface area (Å²) in [4.78, 5) is 25.9. The van der Waals surface area contributed by atoms with Gasteiger partial charge in [-0.3, -0.25) is 13.5 Å². The predicted molar refractivity (Wildman–Crippen MR) is 120 cm³/mol. The van der Waals surface area contributed by atoms with Gasteiger partial charge in [-0.05, 0) is 46.7 Å². The van der Waals surface area contributed by atoms with Gasteiger partial charge in [-0.15, -0.1) is 0 Å². The standard InChI is InChI=1S/C25H18BrNO2/c1-25(2)20-9-5-6-10-21(20)27(26)22(25)12-11-17-23(28)18-13-15-7-3-4-8-16(15)14-19(18)24(17)29/h3-14H,1-2H3/b22-12+. The minimum atomic E-state index is -0.247. The lowest BCUT2D eigenvalue weighted by Gasteiger charge is -2.22. The Labute approximate surface area is 177 Å². The average molecular weight is 444 g/mol. The zero-order valence-electron chi connectivity index (χ0n) is 16.1.